The van der Waals surface area contributed by atoms with Crippen LogP contribution >= 0.6 is 0 Å². The number of carbonyl (C=O) groups excluding carboxylic acids is 2. The number of nitrogens with one attached hydrogen (secondary N) is 1. The second-order valence-electron chi connectivity index (χ2n) is 5.29. The highest BCUT2D eigenvalue weighted by atomic mass is 16.6. The molecule has 0 bridgehead atoms. The normalized spacial score (nSPS) is 10.3. The molecule has 0 aliphatic carbocycles. The summed E-state index contributed by atoms with van der Waals surface area (Å²) in [5, 5.41) is 2.59. The summed E-state index contributed by atoms with van der Waals surface area (Å²) in [6, 6.07) is 7.30. The van der Waals surface area contributed by atoms with E-state index in [1.807, 2.05) is 12.1 Å². The average Bonchev–Trinajstić information content (AvgIpc) is 2.63. The molecule has 0 fully saturated rings. The highest BCUT2D eigenvalue weighted by Gasteiger charge is 1.99. The van der Waals surface area contributed by atoms with Gasteiger partial charge in [0.05, 0.1) is 13.7 Å². The van der Waals surface area contributed by atoms with Crippen LogP contribution in [0, 0.1) is 0 Å². The summed E-state index contributed by atoms with van der Waals surface area (Å²) in [6.07, 6.45) is 4.33. The molecule has 1 amide bonds. The summed E-state index contributed by atoms with van der Waals surface area (Å²) in [5.41, 5.74) is 0.719. The van der Waals surface area contributed by atoms with Gasteiger partial charge in [0, 0.05) is 31.6 Å². The number of unbranched alkanes of at least 4 members (excludes halogenated alkanes) is 2. The third kappa shape index (κ3) is 11.1. The van der Waals surface area contributed by atoms with Crippen molar-refractivity contribution in [2.45, 2.75) is 25.7 Å². The van der Waals surface area contributed by atoms with Crippen LogP contribution in [0.1, 0.15) is 25.7 Å². The van der Waals surface area contributed by atoms with Crippen molar-refractivity contribution in [1.29, 1.82) is 0 Å². The van der Waals surface area contributed by atoms with E-state index in [4.69, 9.17) is 14.2 Å². The number of carbonyl (C=O) groups is 2. The van der Waals surface area contributed by atoms with Gasteiger partial charge < -0.3 is 24.3 Å². The number of hydrogen-bond donors (Lipinski definition) is 1. The lowest BCUT2D eigenvalue weighted by molar-refractivity contribution is -0.146. The predicted octanol–water partition coefficient (Wildman–Crippen LogP) is 2.40. The number of benzene rings is 1. The molecule has 0 unspecified atom stereocenters. The fourth-order valence-corrected chi connectivity index (χ4v) is 2.00. The maximum atomic E-state index is 10.8. The van der Waals surface area contributed by atoms with Crippen LogP contribution in [-0.4, -0.2) is 52.5 Å². The Kier molecular flexibility index (Phi) is 11.9. The smallest absolute Gasteiger partial charge is 0.331 e. The van der Waals surface area contributed by atoms with E-state index in [1.165, 1.54) is 7.11 Å². The second-order valence-corrected chi connectivity index (χ2v) is 5.29. The molecule has 0 spiro atoms. The largest absolute Gasteiger partial charge is 0.494 e. The number of esters is 1. The van der Waals surface area contributed by atoms with Gasteiger partial charge in [0.2, 0.25) is 6.41 Å². The van der Waals surface area contributed by atoms with Crippen molar-refractivity contribution in [2.75, 3.05) is 45.5 Å². The zero-order chi connectivity index (χ0) is 18.2. The zero-order valence-electron chi connectivity index (χ0n) is 14.7. The van der Waals surface area contributed by atoms with Crippen LogP contribution in [0.4, 0.5) is 5.69 Å². The molecule has 0 atom stereocenters. The van der Waals surface area contributed by atoms with Crippen LogP contribution in [0.15, 0.2) is 24.3 Å². The average molecular weight is 353 g/mol. The Morgan fingerprint density at radius 1 is 1.04 bits per heavy atom. The van der Waals surface area contributed by atoms with Gasteiger partial charge in [-0.1, -0.05) is 6.07 Å². The molecule has 1 aromatic rings. The number of rotatable bonds is 15. The molecule has 1 N–H and O–H groups in total. The van der Waals surface area contributed by atoms with E-state index in [9.17, 15) is 9.59 Å². The van der Waals surface area contributed by atoms with Crippen molar-refractivity contribution in [1.82, 2.24) is 0 Å². The summed E-state index contributed by atoms with van der Waals surface area (Å²) in [4.78, 5) is 21.2. The fourth-order valence-electron chi connectivity index (χ4n) is 2.00. The summed E-state index contributed by atoms with van der Waals surface area (Å²) in [5.74, 6) is 0.380. The monoisotopic (exact) mass is 353 g/mol. The summed E-state index contributed by atoms with van der Waals surface area (Å²) in [6.45, 7) is 2.43. The van der Waals surface area contributed by atoms with Crippen LogP contribution in [0.5, 0.6) is 5.75 Å². The van der Waals surface area contributed by atoms with E-state index in [0.717, 1.165) is 37.1 Å². The molecule has 1 aromatic carbocycles. The minimum absolute atomic E-state index is 0.00931. The van der Waals surface area contributed by atoms with Crippen molar-refractivity contribution in [3.8, 4) is 5.75 Å². The van der Waals surface area contributed by atoms with Crippen molar-refractivity contribution >= 4 is 18.1 Å². The maximum Gasteiger partial charge on any atom is 0.331 e. The Morgan fingerprint density at radius 2 is 1.80 bits per heavy atom. The van der Waals surface area contributed by atoms with Crippen LogP contribution in [-0.2, 0) is 23.8 Å². The zero-order valence-corrected chi connectivity index (χ0v) is 14.7. The van der Waals surface area contributed by atoms with Gasteiger partial charge in [-0.15, -0.1) is 0 Å². The van der Waals surface area contributed by atoms with E-state index in [0.29, 0.717) is 32.8 Å². The van der Waals surface area contributed by atoms with Gasteiger partial charge in [0.15, 0.2) is 0 Å². The highest BCUT2D eigenvalue weighted by Crippen LogP contribution is 2.17. The van der Waals surface area contributed by atoms with Crippen molar-refractivity contribution < 1.29 is 28.5 Å². The van der Waals surface area contributed by atoms with Gasteiger partial charge in [0.1, 0.15) is 12.4 Å². The molecule has 0 aromatic heterocycles. The minimum Gasteiger partial charge on any atom is -0.494 e. The molecular formula is C18H27NO6. The van der Waals surface area contributed by atoms with E-state index in [1.54, 1.807) is 12.1 Å². The highest BCUT2D eigenvalue weighted by molar-refractivity contribution is 5.71. The molecule has 0 saturated heterocycles. The van der Waals surface area contributed by atoms with Gasteiger partial charge in [0.25, 0.3) is 0 Å². The third-order valence-corrected chi connectivity index (χ3v) is 3.29. The summed E-state index contributed by atoms with van der Waals surface area (Å²) >= 11 is 0. The van der Waals surface area contributed by atoms with Crippen LogP contribution < -0.4 is 10.1 Å². The van der Waals surface area contributed by atoms with E-state index in [-0.39, 0.29) is 12.6 Å². The third-order valence-electron chi connectivity index (χ3n) is 3.29. The van der Waals surface area contributed by atoms with E-state index < -0.39 is 0 Å². The molecular weight excluding hydrogens is 326 g/mol. The van der Waals surface area contributed by atoms with Gasteiger partial charge in [-0.05, 0) is 37.8 Å². The summed E-state index contributed by atoms with van der Waals surface area (Å²) < 4.78 is 20.7. The first-order chi connectivity index (χ1) is 12.3. The van der Waals surface area contributed by atoms with Crippen LogP contribution in [0.3, 0.4) is 0 Å². The molecule has 0 aliphatic heterocycles. The molecule has 0 aliphatic rings. The van der Waals surface area contributed by atoms with Gasteiger partial charge >= 0.3 is 5.97 Å². The first-order valence-electron chi connectivity index (χ1n) is 8.41. The van der Waals surface area contributed by atoms with Crippen molar-refractivity contribution in [3.05, 3.63) is 24.3 Å². The van der Waals surface area contributed by atoms with Crippen molar-refractivity contribution in [2.24, 2.45) is 0 Å². The Balaban J connectivity index is 1.90. The minimum atomic E-state index is -0.366. The van der Waals surface area contributed by atoms with E-state index in [2.05, 4.69) is 10.1 Å². The van der Waals surface area contributed by atoms with Crippen LogP contribution in [0.25, 0.3) is 0 Å². The lowest BCUT2D eigenvalue weighted by Crippen LogP contribution is -2.11. The first-order valence-corrected chi connectivity index (χ1v) is 8.41. The molecule has 0 heterocycles. The van der Waals surface area contributed by atoms with E-state index >= 15 is 0 Å². The first kappa shape index (κ1) is 20.9. The standard InChI is InChI=1S/C18H27NO6/c1-22-18(21)14-24-11-6-10-23-9-3-2-4-12-25-17-8-5-7-16(13-17)19-15-20/h5,7-8,13,15H,2-4,6,9-12,14H2,1H3,(H,19,20). The Labute approximate surface area is 148 Å². The Hall–Kier alpha value is -2.12. The number of anilines is 1. The van der Waals surface area contributed by atoms with Gasteiger partial charge in [-0.25, -0.2) is 4.79 Å². The van der Waals surface area contributed by atoms with Crippen molar-refractivity contribution in [3.63, 3.8) is 0 Å². The molecule has 140 valence electrons. The Bertz CT molecular complexity index is 494. The van der Waals surface area contributed by atoms with Gasteiger partial charge in [-0.2, -0.15) is 0 Å². The molecule has 7 heteroatoms. The molecule has 0 radical (unpaired) electrons. The predicted molar refractivity (Wildman–Crippen MR) is 93.7 cm³/mol. The fraction of sp³-hybridized carbons (Fsp3) is 0.556. The topological polar surface area (TPSA) is 83.1 Å². The second kappa shape index (κ2) is 14.2. The molecule has 1 rings (SSSR count). The van der Waals surface area contributed by atoms with Gasteiger partial charge in [-0.3, -0.25) is 4.79 Å². The van der Waals surface area contributed by atoms with Crippen LogP contribution in [0.2, 0.25) is 0 Å². The quantitative estimate of drug-likeness (QED) is 0.296. The number of methoxy groups -OCH3 is 1. The number of hydrogen-bond acceptors (Lipinski definition) is 6. The molecule has 7 nitrogen and oxygen atoms in total. The lowest BCUT2D eigenvalue weighted by Gasteiger charge is -2.08. The maximum absolute atomic E-state index is 10.8. The number of ether oxygens (including phenoxy) is 4. The lowest BCUT2D eigenvalue weighted by atomic mass is 10.2. The summed E-state index contributed by atoms with van der Waals surface area (Å²) in [7, 11) is 1.34. The Morgan fingerprint density at radius 3 is 2.60 bits per heavy atom. The number of amides is 1. The SMILES string of the molecule is COC(=O)COCCCOCCCCCOc1cccc(NC=O)c1. The molecule has 0 saturated carbocycles. The molecule has 25 heavy (non-hydrogen) atoms.